The first-order valence-electron chi connectivity index (χ1n) is 10.3. The number of hydrogen-bond acceptors (Lipinski definition) is 5. The molecule has 7 heteroatoms. The fourth-order valence-electron chi connectivity index (χ4n) is 3.37. The van der Waals surface area contributed by atoms with Crippen LogP contribution >= 0.6 is 0 Å². The van der Waals surface area contributed by atoms with Crippen molar-refractivity contribution in [1.82, 2.24) is 15.3 Å². The molecule has 0 unspecified atom stereocenters. The van der Waals surface area contributed by atoms with Crippen LogP contribution < -0.4 is 5.32 Å². The molecule has 0 radical (unpaired) electrons. The summed E-state index contributed by atoms with van der Waals surface area (Å²) in [5.41, 5.74) is 2.40. The number of rotatable bonds is 7. The van der Waals surface area contributed by atoms with Gasteiger partial charge < -0.3 is 15.0 Å². The Kier molecular flexibility index (Phi) is 6.64. The van der Waals surface area contributed by atoms with Crippen LogP contribution in [0, 0.1) is 0 Å². The normalized spacial score (nSPS) is 16.3. The fourth-order valence-corrected chi connectivity index (χ4v) is 3.37. The van der Waals surface area contributed by atoms with Crippen molar-refractivity contribution in [1.29, 1.82) is 0 Å². The Morgan fingerprint density at radius 1 is 0.968 bits per heavy atom. The molecule has 2 aliphatic heterocycles. The summed E-state index contributed by atoms with van der Waals surface area (Å²) >= 11 is 0. The molecule has 0 aromatic heterocycles. The van der Waals surface area contributed by atoms with Crippen LogP contribution in [0.25, 0.3) is 0 Å². The number of hydroxylamine groups is 2. The van der Waals surface area contributed by atoms with Gasteiger partial charge in [0.1, 0.15) is 18.1 Å². The summed E-state index contributed by atoms with van der Waals surface area (Å²) < 4.78 is 5.92. The number of piperazine rings is 1. The number of carbonyl (C=O) groups excluding carboxylic acids is 2. The van der Waals surface area contributed by atoms with Crippen LogP contribution in [0.15, 0.2) is 84.3 Å². The highest BCUT2D eigenvalue weighted by Gasteiger charge is 2.29. The SMILES string of the molecule is O=C1CN(C(=O)C2=CC(OCc3ccccc3)=CCN2OCc2ccccc2)CCN1. The Balaban J connectivity index is 1.48. The van der Waals surface area contributed by atoms with Crippen LogP contribution in [0.3, 0.4) is 0 Å². The van der Waals surface area contributed by atoms with E-state index in [-0.39, 0.29) is 18.4 Å². The van der Waals surface area contributed by atoms with Gasteiger partial charge in [-0.15, -0.1) is 0 Å². The van der Waals surface area contributed by atoms with E-state index in [1.165, 1.54) is 4.90 Å². The Labute approximate surface area is 181 Å². The zero-order valence-corrected chi connectivity index (χ0v) is 17.2. The summed E-state index contributed by atoms with van der Waals surface area (Å²) in [7, 11) is 0. The van der Waals surface area contributed by atoms with Crippen LogP contribution in [-0.4, -0.2) is 48.0 Å². The highest BCUT2D eigenvalue weighted by Crippen LogP contribution is 2.21. The number of allylic oxidation sites excluding steroid dienone is 1. The van der Waals surface area contributed by atoms with Gasteiger partial charge >= 0.3 is 0 Å². The molecule has 4 rings (SSSR count). The van der Waals surface area contributed by atoms with Crippen molar-refractivity contribution in [3.05, 3.63) is 95.4 Å². The van der Waals surface area contributed by atoms with Gasteiger partial charge in [-0.2, -0.15) is 0 Å². The molecule has 2 heterocycles. The zero-order valence-electron chi connectivity index (χ0n) is 17.2. The summed E-state index contributed by atoms with van der Waals surface area (Å²) in [6, 6.07) is 19.6. The average Bonchev–Trinajstić information content (AvgIpc) is 2.82. The molecule has 2 amide bonds. The van der Waals surface area contributed by atoms with Crippen molar-refractivity contribution in [3.8, 4) is 0 Å². The number of carbonyl (C=O) groups is 2. The molecular formula is C24H25N3O4. The Bertz CT molecular complexity index is 973. The summed E-state index contributed by atoms with van der Waals surface area (Å²) in [5.74, 6) is 0.189. The van der Waals surface area contributed by atoms with E-state index >= 15 is 0 Å². The topological polar surface area (TPSA) is 71.1 Å². The molecule has 0 saturated carbocycles. The second-order valence-corrected chi connectivity index (χ2v) is 7.31. The molecule has 31 heavy (non-hydrogen) atoms. The summed E-state index contributed by atoms with van der Waals surface area (Å²) in [5, 5.41) is 4.31. The lowest BCUT2D eigenvalue weighted by Gasteiger charge is -2.33. The Hall–Kier alpha value is -3.58. The minimum absolute atomic E-state index is 0.0343. The number of benzene rings is 2. The van der Waals surface area contributed by atoms with Gasteiger partial charge in [-0.25, -0.2) is 5.06 Å². The second kappa shape index (κ2) is 9.95. The van der Waals surface area contributed by atoms with Crippen LogP contribution in [0.5, 0.6) is 0 Å². The van der Waals surface area contributed by atoms with Gasteiger partial charge in [0.25, 0.3) is 5.91 Å². The molecule has 2 aromatic carbocycles. The van der Waals surface area contributed by atoms with E-state index in [1.54, 1.807) is 11.1 Å². The van der Waals surface area contributed by atoms with Crippen LogP contribution in [0.1, 0.15) is 11.1 Å². The third-order valence-electron chi connectivity index (χ3n) is 5.03. The Morgan fingerprint density at radius 2 is 1.65 bits per heavy atom. The number of amides is 2. The average molecular weight is 419 g/mol. The van der Waals surface area contributed by atoms with Gasteiger partial charge in [-0.1, -0.05) is 60.7 Å². The summed E-state index contributed by atoms with van der Waals surface area (Å²) in [6.07, 6.45) is 3.57. The van der Waals surface area contributed by atoms with Crippen molar-refractivity contribution in [2.45, 2.75) is 13.2 Å². The fraction of sp³-hybridized carbons (Fsp3) is 0.250. The lowest BCUT2D eigenvalue weighted by atomic mass is 10.2. The van der Waals surface area contributed by atoms with E-state index in [0.717, 1.165) is 11.1 Å². The van der Waals surface area contributed by atoms with E-state index in [1.807, 2.05) is 66.7 Å². The third kappa shape index (κ3) is 5.52. The van der Waals surface area contributed by atoms with E-state index in [0.29, 0.717) is 44.3 Å². The lowest BCUT2D eigenvalue weighted by Crippen LogP contribution is -2.51. The molecule has 2 aliphatic rings. The smallest absolute Gasteiger partial charge is 0.273 e. The molecule has 1 fully saturated rings. The van der Waals surface area contributed by atoms with Crippen LogP contribution in [0.2, 0.25) is 0 Å². The van der Waals surface area contributed by atoms with Gasteiger partial charge in [0.2, 0.25) is 5.91 Å². The number of ether oxygens (including phenoxy) is 1. The first-order valence-corrected chi connectivity index (χ1v) is 10.3. The van der Waals surface area contributed by atoms with Gasteiger partial charge in [-0.3, -0.25) is 14.4 Å². The first kappa shape index (κ1) is 20.7. The zero-order chi connectivity index (χ0) is 21.5. The van der Waals surface area contributed by atoms with Gasteiger partial charge in [0.05, 0.1) is 19.7 Å². The van der Waals surface area contributed by atoms with Gasteiger partial charge in [0.15, 0.2) is 0 Å². The van der Waals surface area contributed by atoms with Crippen LogP contribution in [0.4, 0.5) is 0 Å². The molecule has 0 bridgehead atoms. The molecule has 0 atom stereocenters. The second-order valence-electron chi connectivity index (χ2n) is 7.31. The molecule has 2 aromatic rings. The van der Waals surface area contributed by atoms with E-state index < -0.39 is 0 Å². The van der Waals surface area contributed by atoms with Crippen molar-refractivity contribution in [2.75, 3.05) is 26.2 Å². The van der Waals surface area contributed by atoms with Crippen molar-refractivity contribution in [2.24, 2.45) is 0 Å². The molecule has 0 aliphatic carbocycles. The van der Waals surface area contributed by atoms with Gasteiger partial charge in [0, 0.05) is 19.2 Å². The van der Waals surface area contributed by atoms with E-state index in [9.17, 15) is 9.59 Å². The summed E-state index contributed by atoms with van der Waals surface area (Å²) in [6.45, 7) is 2.04. The maximum Gasteiger partial charge on any atom is 0.273 e. The first-order chi connectivity index (χ1) is 15.2. The minimum atomic E-state index is -0.253. The monoisotopic (exact) mass is 419 g/mol. The summed E-state index contributed by atoms with van der Waals surface area (Å²) in [4.78, 5) is 32.5. The predicted molar refractivity (Wildman–Crippen MR) is 115 cm³/mol. The molecule has 160 valence electrons. The van der Waals surface area contributed by atoms with E-state index in [4.69, 9.17) is 9.57 Å². The predicted octanol–water partition coefficient (Wildman–Crippen LogP) is 2.38. The van der Waals surface area contributed by atoms with Crippen molar-refractivity contribution >= 4 is 11.8 Å². The maximum atomic E-state index is 13.2. The standard InChI is InChI=1S/C24H25N3O4/c28-23-16-26(14-12-25-23)24(29)22-15-21(30-17-19-7-3-1-4-8-19)11-13-27(22)31-18-20-9-5-2-6-10-20/h1-11,15H,12-14,16-18H2,(H,25,28). The third-order valence-corrected chi connectivity index (χ3v) is 5.03. The molecular weight excluding hydrogens is 394 g/mol. The number of nitrogens with one attached hydrogen (secondary N) is 1. The van der Waals surface area contributed by atoms with E-state index in [2.05, 4.69) is 5.32 Å². The Morgan fingerprint density at radius 3 is 2.32 bits per heavy atom. The molecule has 1 N–H and O–H groups in total. The number of nitrogens with zero attached hydrogens (tertiary/aromatic N) is 2. The highest BCUT2D eigenvalue weighted by atomic mass is 16.7. The number of hydrogen-bond donors (Lipinski definition) is 1. The highest BCUT2D eigenvalue weighted by molar-refractivity contribution is 5.96. The largest absolute Gasteiger partial charge is 0.489 e. The van der Waals surface area contributed by atoms with Crippen molar-refractivity contribution in [3.63, 3.8) is 0 Å². The molecule has 0 spiro atoms. The quantitative estimate of drug-likeness (QED) is 0.746. The molecule has 1 saturated heterocycles. The maximum absolute atomic E-state index is 13.2. The van der Waals surface area contributed by atoms with Crippen LogP contribution in [-0.2, 0) is 32.4 Å². The molecule has 7 nitrogen and oxygen atoms in total. The lowest BCUT2D eigenvalue weighted by molar-refractivity contribution is -0.158. The minimum Gasteiger partial charge on any atom is -0.489 e. The van der Waals surface area contributed by atoms with Crippen molar-refractivity contribution < 1.29 is 19.2 Å². The van der Waals surface area contributed by atoms with Gasteiger partial charge in [-0.05, 0) is 17.2 Å².